The summed E-state index contributed by atoms with van der Waals surface area (Å²) in [6, 6.07) is 3.40. The van der Waals surface area contributed by atoms with Crippen LogP contribution in [-0.2, 0) is 11.8 Å². The van der Waals surface area contributed by atoms with Gasteiger partial charge in [-0.15, -0.1) is 11.3 Å². The molecule has 0 saturated heterocycles. The summed E-state index contributed by atoms with van der Waals surface area (Å²) in [6.45, 7) is 6.30. The van der Waals surface area contributed by atoms with Crippen LogP contribution in [0.3, 0.4) is 0 Å². The number of nitrogens with two attached hydrogens (primary N) is 1. The topological polar surface area (TPSA) is 68.9 Å². The van der Waals surface area contributed by atoms with Gasteiger partial charge in [-0.25, -0.2) is 4.98 Å². The van der Waals surface area contributed by atoms with E-state index >= 15 is 0 Å². The average Bonchev–Trinajstić information content (AvgIpc) is 2.77. The zero-order chi connectivity index (χ0) is 14.0. The molecule has 0 amide bonds. The first-order valence-corrected chi connectivity index (χ1v) is 6.94. The molecule has 2 N–H and O–H groups in total. The molecule has 0 unspecified atom stereocenters. The van der Waals surface area contributed by atoms with Crippen LogP contribution in [0.2, 0.25) is 0 Å². The van der Waals surface area contributed by atoms with E-state index in [1.165, 1.54) is 11.3 Å². The fourth-order valence-electron chi connectivity index (χ4n) is 1.61. The molecule has 2 aromatic heterocycles. The van der Waals surface area contributed by atoms with Gasteiger partial charge in [-0.3, -0.25) is 9.78 Å². The number of rotatable bonds is 3. The Hall–Kier alpha value is -1.75. The van der Waals surface area contributed by atoms with Crippen molar-refractivity contribution >= 4 is 22.8 Å². The summed E-state index contributed by atoms with van der Waals surface area (Å²) in [5, 5.41) is 2.81. The van der Waals surface area contributed by atoms with E-state index in [4.69, 9.17) is 5.73 Å². The molecular formula is C14H17N3OS. The number of ketones is 1. The predicted octanol–water partition coefficient (Wildman–Crippen LogP) is 2.84. The van der Waals surface area contributed by atoms with E-state index in [9.17, 15) is 4.79 Å². The highest BCUT2D eigenvalue weighted by Gasteiger charge is 2.19. The molecule has 0 spiro atoms. The second-order valence-electron chi connectivity index (χ2n) is 5.42. The third-order valence-electron chi connectivity index (χ3n) is 2.73. The van der Waals surface area contributed by atoms with Crippen LogP contribution in [0, 0.1) is 0 Å². The Bertz CT molecular complexity index is 599. The second kappa shape index (κ2) is 5.09. The highest BCUT2D eigenvalue weighted by atomic mass is 32.1. The lowest BCUT2D eigenvalue weighted by Gasteiger charge is -2.14. The first-order valence-electron chi connectivity index (χ1n) is 6.06. The SMILES string of the molecule is CC(C)(C)c1csc(CC(=O)c2ncccc2N)n1. The molecule has 19 heavy (non-hydrogen) atoms. The number of carbonyl (C=O) groups excluding carboxylic acids is 1. The number of hydrogen-bond acceptors (Lipinski definition) is 5. The predicted molar refractivity (Wildman–Crippen MR) is 77.5 cm³/mol. The van der Waals surface area contributed by atoms with Crippen molar-refractivity contribution in [3.63, 3.8) is 0 Å². The number of aromatic nitrogens is 2. The van der Waals surface area contributed by atoms with Gasteiger partial charge in [-0.05, 0) is 12.1 Å². The van der Waals surface area contributed by atoms with Gasteiger partial charge in [0.05, 0.1) is 17.8 Å². The molecule has 0 saturated carbocycles. The molecule has 0 radical (unpaired) electrons. The van der Waals surface area contributed by atoms with Crippen LogP contribution in [0.25, 0.3) is 0 Å². The lowest BCUT2D eigenvalue weighted by Crippen LogP contribution is -2.12. The van der Waals surface area contributed by atoms with E-state index in [0.29, 0.717) is 11.4 Å². The molecule has 0 aliphatic heterocycles. The van der Waals surface area contributed by atoms with Crippen LogP contribution >= 0.6 is 11.3 Å². The molecule has 2 rings (SSSR count). The largest absolute Gasteiger partial charge is 0.397 e. The molecule has 5 heteroatoms. The highest BCUT2D eigenvalue weighted by Crippen LogP contribution is 2.24. The van der Waals surface area contributed by atoms with Crippen molar-refractivity contribution in [1.82, 2.24) is 9.97 Å². The summed E-state index contributed by atoms with van der Waals surface area (Å²) in [6.07, 6.45) is 1.83. The summed E-state index contributed by atoms with van der Waals surface area (Å²) in [7, 11) is 0. The minimum atomic E-state index is -0.0899. The van der Waals surface area contributed by atoms with Crippen LogP contribution in [0.1, 0.15) is 42.0 Å². The standard InChI is InChI=1S/C14H17N3OS/c1-14(2,3)11-8-19-12(17-11)7-10(18)13-9(15)5-4-6-16-13/h4-6,8H,7,15H2,1-3H3. The molecule has 0 bridgehead atoms. The zero-order valence-electron chi connectivity index (χ0n) is 11.3. The second-order valence-corrected chi connectivity index (χ2v) is 6.36. The van der Waals surface area contributed by atoms with Crippen LogP contribution in [0.5, 0.6) is 0 Å². The summed E-state index contributed by atoms with van der Waals surface area (Å²) in [5.74, 6) is -0.0899. The Kier molecular flexibility index (Phi) is 3.66. The van der Waals surface area contributed by atoms with Gasteiger partial charge in [-0.2, -0.15) is 0 Å². The minimum Gasteiger partial charge on any atom is -0.397 e. The maximum Gasteiger partial charge on any atom is 0.190 e. The quantitative estimate of drug-likeness (QED) is 0.874. The van der Waals surface area contributed by atoms with Crippen LogP contribution in [0.4, 0.5) is 5.69 Å². The number of carbonyl (C=O) groups is 1. The van der Waals surface area contributed by atoms with Gasteiger partial charge in [-0.1, -0.05) is 20.8 Å². The monoisotopic (exact) mass is 275 g/mol. The van der Waals surface area contributed by atoms with Crippen molar-refractivity contribution in [3.8, 4) is 0 Å². The Morgan fingerprint density at radius 1 is 1.42 bits per heavy atom. The summed E-state index contributed by atoms with van der Waals surface area (Å²) >= 11 is 1.50. The molecule has 0 aliphatic rings. The Morgan fingerprint density at radius 2 is 2.16 bits per heavy atom. The lowest BCUT2D eigenvalue weighted by atomic mass is 9.93. The molecule has 4 nitrogen and oxygen atoms in total. The summed E-state index contributed by atoms with van der Waals surface area (Å²) in [4.78, 5) is 20.7. The molecule has 0 aromatic carbocycles. The molecule has 2 aromatic rings. The highest BCUT2D eigenvalue weighted by molar-refractivity contribution is 7.09. The molecule has 0 atom stereocenters. The lowest BCUT2D eigenvalue weighted by molar-refractivity contribution is 0.0989. The van der Waals surface area contributed by atoms with Gasteiger partial charge in [0, 0.05) is 17.0 Å². The molecule has 0 fully saturated rings. The van der Waals surface area contributed by atoms with Crippen molar-refractivity contribution < 1.29 is 4.79 Å². The summed E-state index contributed by atoms with van der Waals surface area (Å²) < 4.78 is 0. The van der Waals surface area contributed by atoms with Gasteiger partial charge in [0.25, 0.3) is 0 Å². The van der Waals surface area contributed by atoms with Crippen LogP contribution in [0.15, 0.2) is 23.7 Å². The maximum absolute atomic E-state index is 12.1. The van der Waals surface area contributed by atoms with Crippen molar-refractivity contribution in [1.29, 1.82) is 0 Å². The number of anilines is 1. The van der Waals surface area contributed by atoms with Gasteiger partial charge in [0.2, 0.25) is 0 Å². The zero-order valence-corrected chi connectivity index (χ0v) is 12.1. The van der Waals surface area contributed by atoms with Gasteiger partial charge < -0.3 is 5.73 Å². The van der Waals surface area contributed by atoms with Crippen molar-refractivity contribution in [2.45, 2.75) is 32.6 Å². The third kappa shape index (κ3) is 3.17. The number of nitrogen functional groups attached to an aromatic ring is 1. The van der Waals surface area contributed by atoms with E-state index in [-0.39, 0.29) is 17.6 Å². The van der Waals surface area contributed by atoms with Gasteiger partial charge in [0.15, 0.2) is 5.78 Å². The number of thiazole rings is 1. The van der Waals surface area contributed by atoms with Crippen molar-refractivity contribution in [2.75, 3.05) is 5.73 Å². The smallest absolute Gasteiger partial charge is 0.190 e. The number of hydrogen-bond donors (Lipinski definition) is 1. The average molecular weight is 275 g/mol. The Balaban J connectivity index is 2.16. The molecular weight excluding hydrogens is 258 g/mol. The Morgan fingerprint density at radius 3 is 2.74 bits per heavy atom. The van der Waals surface area contributed by atoms with E-state index < -0.39 is 0 Å². The minimum absolute atomic E-state index is 0.00181. The fourth-order valence-corrected chi connectivity index (χ4v) is 2.63. The van der Waals surface area contributed by atoms with Crippen LogP contribution in [-0.4, -0.2) is 15.8 Å². The third-order valence-corrected chi connectivity index (χ3v) is 3.58. The molecule has 2 heterocycles. The van der Waals surface area contributed by atoms with Gasteiger partial charge >= 0.3 is 0 Å². The Labute approximate surface area is 116 Å². The first kappa shape index (κ1) is 13.7. The number of nitrogens with zero attached hydrogens (tertiary/aromatic N) is 2. The normalized spacial score (nSPS) is 11.5. The van der Waals surface area contributed by atoms with Crippen LogP contribution < -0.4 is 5.73 Å². The van der Waals surface area contributed by atoms with E-state index in [1.807, 2.05) is 5.38 Å². The first-order chi connectivity index (χ1) is 8.88. The number of pyridine rings is 1. The molecule has 0 aliphatic carbocycles. The van der Waals surface area contributed by atoms with Gasteiger partial charge in [0.1, 0.15) is 10.7 Å². The maximum atomic E-state index is 12.1. The van der Waals surface area contributed by atoms with Crippen molar-refractivity contribution in [3.05, 3.63) is 40.1 Å². The number of Topliss-reactive ketones (excluding diaryl/α,β-unsaturated/α-hetero) is 1. The van der Waals surface area contributed by atoms with Crippen molar-refractivity contribution in [2.24, 2.45) is 0 Å². The summed E-state index contributed by atoms with van der Waals surface area (Å²) in [5.41, 5.74) is 7.51. The van der Waals surface area contributed by atoms with E-state index in [1.54, 1.807) is 18.3 Å². The fraction of sp³-hybridized carbons (Fsp3) is 0.357. The van der Waals surface area contributed by atoms with E-state index in [0.717, 1.165) is 10.7 Å². The molecule has 100 valence electrons. The van der Waals surface area contributed by atoms with E-state index in [2.05, 4.69) is 30.7 Å².